The van der Waals surface area contributed by atoms with Crippen LogP contribution >= 0.6 is 0 Å². The van der Waals surface area contributed by atoms with Crippen molar-refractivity contribution in [2.45, 2.75) is 39.3 Å². The average molecular weight is 325 g/mol. The summed E-state index contributed by atoms with van der Waals surface area (Å²) in [4.78, 5) is 32.5. The summed E-state index contributed by atoms with van der Waals surface area (Å²) >= 11 is 0. The smallest absolute Gasteiger partial charge is 0.245 e. The number of hydrogen-bond acceptors (Lipinski definition) is 2. The number of rotatable bonds is 2. The first-order chi connectivity index (χ1) is 11.5. The molecular formula is C19H23N3O2. The summed E-state index contributed by atoms with van der Waals surface area (Å²) in [5.41, 5.74) is 3.39. The van der Waals surface area contributed by atoms with Crippen molar-refractivity contribution >= 4 is 22.7 Å². The number of hydrogen-bond donors (Lipinski definition) is 1. The van der Waals surface area contributed by atoms with Gasteiger partial charge in [0.05, 0.1) is 6.04 Å². The van der Waals surface area contributed by atoms with Gasteiger partial charge in [-0.2, -0.15) is 0 Å². The Morgan fingerprint density at radius 2 is 2.04 bits per heavy atom. The van der Waals surface area contributed by atoms with Crippen molar-refractivity contribution in [2.75, 3.05) is 13.1 Å². The second-order valence-corrected chi connectivity index (χ2v) is 7.36. The van der Waals surface area contributed by atoms with Crippen LogP contribution in [-0.2, 0) is 16.0 Å². The van der Waals surface area contributed by atoms with Gasteiger partial charge in [0.1, 0.15) is 6.04 Å². The standard InChI is InChI=1S/C19H23N3O2/c1-11(2)9-21-10-17-18-14(13-6-4-5-7-15(13)20-18)8-16(19(21)24)22(17)12(3)23/h4-7,11,16-17,20H,8-10H2,1-3H3/t16?,17-/m1/s1. The molecule has 1 unspecified atom stereocenters. The first-order valence-electron chi connectivity index (χ1n) is 8.64. The van der Waals surface area contributed by atoms with Crippen LogP contribution in [0.15, 0.2) is 24.3 Å². The molecule has 1 fully saturated rings. The van der Waals surface area contributed by atoms with Gasteiger partial charge in [-0.25, -0.2) is 0 Å². The molecule has 0 saturated carbocycles. The van der Waals surface area contributed by atoms with E-state index in [1.54, 1.807) is 11.8 Å². The number of piperazine rings is 1. The maximum absolute atomic E-state index is 13.0. The number of fused-ring (bicyclic) bond motifs is 6. The van der Waals surface area contributed by atoms with Crippen LogP contribution in [0.2, 0.25) is 0 Å². The Hall–Kier alpha value is -2.30. The lowest BCUT2D eigenvalue weighted by Crippen LogP contribution is -2.62. The summed E-state index contributed by atoms with van der Waals surface area (Å²) < 4.78 is 0. The fraction of sp³-hybridized carbons (Fsp3) is 0.474. The highest BCUT2D eigenvalue weighted by Crippen LogP contribution is 2.40. The molecule has 0 radical (unpaired) electrons. The van der Waals surface area contributed by atoms with E-state index in [-0.39, 0.29) is 23.9 Å². The Kier molecular flexibility index (Phi) is 3.41. The van der Waals surface area contributed by atoms with E-state index in [9.17, 15) is 9.59 Å². The van der Waals surface area contributed by atoms with Crippen molar-refractivity contribution in [1.82, 2.24) is 14.8 Å². The molecule has 2 atom stereocenters. The lowest BCUT2D eigenvalue weighted by atomic mass is 9.87. The largest absolute Gasteiger partial charge is 0.356 e. The molecule has 3 heterocycles. The zero-order valence-corrected chi connectivity index (χ0v) is 14.4. The van der Waals surface area contributed by atoms with Gasteiger partial charge in [-0.05, 0) is 17.5 Å². The maximum Gasteiger partial charge on any atom is 0.245 e. The van der Waals surface area contributed by atoms with Gasteiger partial charge in [0, 0.05) is 43.0 Å². The molecule has 5 heteroatoms. The van der Waals surface area contributed by atoms with Crippen molar-refractivity contribution in [2.24, 2.45) is 5.92 Å². The third kappa shape index (κ3) is 2.14. The lowest BCUT2D eigenvalue weighted by molar-refractivity contribution is -0.157. The fourth-order valence-corrected chi connectivity index (χ4v) is 4.31. The number of H-pyrrole nitrogens is 1. The molecule has 1 aromatic carbocycles. The monoisotopic (exact) mass is 325 g/mol. The van der Waals surface area contributed by atoms with Crippen LogP contribution in [0.1, 0.15) is 38.1 Å². The molecule has 1 aromatic heterocycles. The van der Waals surface area contributed by atoms with Crippen molar-refractivity contribution in [1.29, 1.82) is 0 Å². The van der Waals surface area contributed by atoms with Gasteiger partial charge in [0.25, 0.3) is 0 Å². The zero-order valence-electron chi connectivity index (χ0n) is 14.4. The van der Waals surface area contributed by atoms with Crippen LogP contribution < -0.4 is 0 Å². The predicted molar refractivity (Wildman–Crippen MR) is 92.5 cm³/mol. The fourth-order valence-electron chi connectivity index (χ4n) is 4.31. The van der Waals surface area contributed by atoms with Gasteiger partial charge in [-0.15, -0.1) is 0 Å². The van der Waals surface area contributed by atoms with Gasteiger partial charge in [-0.3, -0.25) is 9.59 Å². The zero-order chi connectivity index (χ0) is 17.0. The number of carbonyl (C=O) groups excluding carboxylic acids is 2. The Morgan fingerprint density at radius 1 is 1.29 bits per heavy atom. The van der Waals surface area contributed by atoms with Crippen LogP contribution in [0.25, 0.3) is 10.9 Å². The van der Waals surface area contributed by atoms with Crippen LogP contribution in [0.4, 0.5) is 0 Å². The molecule has 5 nitrogen and oxygen atoms in total. The van der Waals surface area contributed by atoms with Gasteiger partial charge in [0.15, 0.2) is 0 Å². The third-order valence-electron chi connectivity index (χ3n) is 5.19. The summed E-state index contributed by atoms with van der Waals surface area (Å²) in [6, 6.07) is 7.75. The normalized spacial score (nSPS) is 23.1. The lowest BCUT2D eigenvalue weighted by Gasteiger charge is -2.49. The first-order valence-corrected chi connectivity index (χ1v) is 8.64. The molecule has 4 rings (SSSR count). The number of benzene rings is 1. The molecule has 2 aromatic rings. The van der Waals surface area contributed by atoms with E-state index in [0.717, 1.165) is 17.8 Å². The van der Waals surface area contributed by atoms with Crippen LogP contribution in [0, 0.1) is 5.92 Å². The minimum absolute atomic E-state index is 0.0214. The molecule has 2 amide bonds. The number of para-hydroxylation sites is 1. The molecule has 24 heavy (non-hydrogen) atoms. The molecule has 1 N–H and O–H groups in total. The molecule has 0 spiro atoms. The number of nitrogens with zero attached hydrogens (tertiary/aromatic N) is 2. The average Bonchev–Trinajstić information content (AvgIpc) is 2.90. The Labute approximate surface area is 141 Å². The van der Waals surface area contributed by atoms with Crippen LogP contribution in [-0.4, -0.2) is 45.7 Å². The van der Waals surface area contributed by atoms with Gasteiger partial charge in [0.2, 0.25) is 11.8 Å². The van der Waals surface area contributed by atoms with Crippen molar-refractivity contribution < 1.29 is 9.59 Å². The number of aromatic amines is 1. The second-order valence-electron chi connectivity index (χ2n) is 7.36. The van der Waals surface area contributed by atoms with E-state index >= 15 is 0 Å². The van der Waals surface area contributed by atoms with Crippen molar-refractivity contribution in [3.05, 3.63) is 35.5 Å². The van der Waals surface area contributed by atoms with E-state index in [1.165, 1.54) is 10.9 Å². The Bertz CT molecular complexity index is 823. The molecule has 2 bridgehead atoms. The quantitative estimate of drug-likeness (QED) is 0.922. The second kappa shape index (κ2) is 5.36. The number of amides is 2. The van der Waals surface area contributed by atoms with Crippen molar-refractivity contribution in [3.8, 4) is 0 Å². The third-order valence-corrected chi connectivity index (χ3v) is 5.19. The van der Waals surface area contributed by atoms with E-state index in [4.69, 9.17) is 0 Å². The summed E-state index contributed by atoms with van der Waals surface area (Å²) in [5.74, 6) is 0.485. The molecule has 1 saturated heterocycles. The van der Waals surface area contributed by atoms with Gasteiger partial charge in [-0.1, -0.05) is 32.0 Å². The highest BCUT2D eigenvalue weighted by molar-refractivity contribution is 5.93. The molecule has 0 aliphatic carbocycles. The SMILES string of the molecule is CC(=O)N1C2Cc3c([nH]c4ccccc34)[C@H]1CN(CC(C)C)C2=O. The van der Waals surface area contributed by atoms with Crippen LogP contribution in [0.3, 0.4) is 0 Å². The topological polar surface area (TPSA) is 56.4 Å². The summed E-state index contributed by atoms with van der Waals surface area (Å²) in [6.45, 7) is 7.13. The molecular weight excluding hydrogens is 302 g/mol. The summed E-state index contributed by atoms with van der Waals surface area (Å²) in [6.07, 6.45) is 0.600. The van der Waals surface area contributed by atoms with E-state index in [0.29, 0.717) is 18.9 Å². The maximum atomic E-state index is 13.0. The first kappa shape index (κ1) is 15.2. The molecule has 2 aliphatic rings. The van der Waals surface area contributed by atoms with Gasteiger partial charge < -0.3 is 14.8 Å². The molecule has 126 valence electrons. The van der Waals surface area contributed by atoms with Gasteiger partial charge >= 0.3 is 0 Å². The van der Waals surface area contributed by atoms with Crippen LogP contribution in [0.5, 0.6) is 0 Å². The Balaban J connectivity index is 1.84. The highest BCUT2D eigenvalue weighted by Gasteiger charge is 2.47. The van der Waals surface area contributed by atoms with E-state index in [2.05, 4.69) is 31.0 Å². The number of nitrogens with one attached hydrogen (secondary N) is 1. The minimum atomic E-state index is -0.369. The number of aromatic nitrogens is 1. The predicted octanol–water partition coefficient (Wildman–Crippen LogP) is 2.48. The minimum Gasteiger partial charge on any atom is -0.356 e. The number of carbonyl (C=O) groups is 2. The van der Waals surface area contributed by atoms with Crippen molar-refractivity contribution in [3.63, 3.8) is 0 Å². The summed E-state index contributed by atoms with van der Waals surface area (Å²) in [5, 5.41) is 1.18. The Morgan fingerprint density at radius 3 is 2.75 bits per heavy atom. The molecule has 2 aliphatic heterocycles. The van der Waals surface area contributed by atoms with E-state index in [1.807, 2.05) is 17.0 Å². The van der Waals surface area contributed by atoms with E-state index < -0.39 is 0 Å². The highest BCUT2D eigenvalue weighted by atomic mass is 16.2. The summed E-state index contributed by atoms with van der Waals surface area (Å²) in [7, 11) is 0.